The topological polar surface area (TPSA) is 144 Å². The molecule has 0 saturated heterocycles. The van der Waals surface area contributed by atoms with E-state index in [1.54, 1.807) is 12.1 Å². The van der Waals surface area contributed by atoms with E-state index in [1.165, 1.54) is 36.8 Å². The number of halogens is 1. The number of nitrogens with zero attached hydrogens (tertiary/aromatic N) is 1. The number of sulfonamides is 1. The molecule has 10 nitrogen and oxygen atoms in total. The summed E-state index contributed by atoms with van der Waals surface area (Å²) in [5.74, 6) is -1.67. The number of esters is 1. The van der Waals surface area contributed by atoms with Crippen molar-refractivity contribution in [1.82, 2.24) is 4.98 Å². The minimum atomic E-state index is -4.08. The van der Waals surface area contributed by atoms with Crippen molar-refractivity contribution in [2.75, 3.05) is 23.8 Å². The third kappa shape index (κ3) is 5.96. The van der Waals surface area contributed by atoms with Crippen LogP contribution in [0, 0.1) is 0 Å². The molecule has 32 heavy (non-hydrogen) atoms. The second-order valence-corrected chi connectivity index (χ2v) is 10.2. The van der Waals surface area contributed by atoms with Gasteiger partial charge in [-0.05, 0) is 58.4 Å². The lowest BCUT2D eigenvalue weighted by Crippen LogP contribution is -2.21. The van der Waals surface area contributed by atoms with Gasteiger partial charge in [-0.15, -0.1) is 0 Å². The fraction of sp³-hybridized carbons (Fsp3) is 0.105. The Hall–Kier alpha value is -3.16. The van der Waals surface area contributed by atoms with Crippen LogP contribution in [0.5, 0.6) is 11.5 Å². The van der Waals surface area contributed by atoms with Gasteiger partial charge in [-0.3, -0.25) is 14.8 Å². The molecule has 0 atom stereocenters. The first kappa shape index (κ1) is 23.5. The average molecular weight is 542 g/mol. The molecule has 3 rings (SSSR count). The summed E-state index contributed by atoms with van der Waals surface area (Å²) in [7, 11) is -2.59. The van der Waals surface area contributed by atoms with Gasteiger partial charge in [-0.25, -0.2) is 18.2 Å². The van der Waals surface area contributed by atoms with Gasteiger partial charge in [0.05, 0.1) is 22.0 Å². The molecule has 3 aromatic rings. The molecule has 0 fully saturated rings. The number of aromatic nitrogens is 1. The van der Waals surface area contributed by atoms with Crippen molar-refractivity contribution < 1.29 is 32.6 Å². The highest BCUT2D eigenvalue weighted by Crippen LogP contribution is 2.25. The highest BCUT2D eigenvalue weighted by molar-refractivity contribution is 9.11. The van der Waals surface area contributed by atoms with Crippen molar-refractivity contribution in [2.45, 2.75) is 4.90 Å². The summed E-state index contributed by atoms with van der Waals surface area (Å²) < 4.78 is 38.3. The van der Waals surface area contributed by atoms with E-state index in [2.05, 4.69) is 31.0 Å². The SMILES string of the molecule is COc1ccc(NS(=O)(=O)c2ccc(O)c(C(=O)OCC(=O)Nc3ncc(Br)s3)c2)cc1. The van der Waals surface area contributed by atoms with E-state index >= 15 is 0 Å². The maximum Gasteiger partial charge on any atom is 0.342 e. The van der Waals surface area contributed by atoms with Gasteiger partial charge < -0.3 is 14.6 Å². The van der Waals surface area contributed by atoms with Gasteiger partial charge in [0.25, 0.3) is 15.9 Å². The van der Waals surface area contributed by atoms with Crippen LogP contribution in [0.4, 0.5) is 10.8 Å². The molecular weight excluding hydrogens is 526 g/mol. The van der Waals surface area contributed by atoms with Crippen LogP contribution in [0.15, 0.2) is 57.3 Å². The standard InChI is InChI=1S/C19H16BrN3O7S2/c1-29-12-4-2-11(3-5-12)23-32(27,28)13-6-7-15(24)14(8-13)18(26)30-10-17(25)22-19-21-9-16(20)31-19/h2-9,23-24H,10H2,1H3,(H,21,22,25). The lowest BCUT2D eigenvalue weighted by molar-refractivity contribution is -0.119. The van der Waals surface area contributed by atoms with E-state index in [4.69, 9.17) is 9.47 Å². The Labute approximate surface area is 195 Å². The van der Waals surface area contributed by atoms with Gasteiger partial charge in [-0.1, -0.05) is 11.3 Å². The second-order valence-electron chi connectivity index (χ2n) is 6.11. The fourth-order valence-corrected chi connectivity index (χ4v) is 4.60. The molecule has 168 valence electrons. The van der Waals surface area contributed by atoms with Gasteiger partial charge in [0.1, 0.15) is 17.1 Å². The summed E-state index contributed by atoms with van der Waals surface area (Å²) >= 11 is 4.37. The van der Waals surface area contributed by atoms with Crippen LogP contribution < -0.4 is 14.8 Å². The number of hydrogen-bond donors (Lipinski definition) is 3. The third-order valence-electron chi connectivity index (χ3n) is 3.90. The zero-order valence-electron chi connectivity index (χ0n) is 16.4. The Morgan fingerprint density at radius 1 is 1.19 bits per heavy atom. The first-order chi connectivity index (χ1) is 15.2. The van der Waals surface area contributed by atoms with Crippen LogP contribution in [0.3, 0.4) is 0 Å². The largest absolute Gasteiger partial charge is 0.507 e. The first-order valence-electron chi connectivity index (χ1n) is 8.76. The number of aromatic hydroxyl groups is 1. The Balaban J connectivity index is 1.69. The van der Waals surface area contributed by atoms with Crippen LogP contribution >= 0.6 is 27.3 Å². The number of carbonyl (C=O) groups is 2. The van der Waals surface area contributed by atoms with Gasteiger partial charge in [0, 0.05) is 5.69 Å². The molecule has 1 amide bonds. The summed E-state index contributed by atoms with van der Waals surface area (Å²) in [6, 6.07) is 9.30. The van der Waals surface area contributed by atoms with Gasteiger partial charge in [0.15, 0.2) is 11.7 Å². The number of anilines is 2. The van der Waals surface area contributed by atoms with Crippen molar-refractivity contribution in [3.63, 3.8) is 0 Å². The average Bonchev–Trinajstić information content (AvgIpc) is 3.17. The molecule has 0 spiro atoms. The molecule has 0 unspecified atom stereocenters. The minimum Gasteiger partial charge on any atom is -0.507 e. The van der Waals surface area contributed by atoms with E-state index in [0.29, 0.717) is 14.7 Å². The van der Waals surface area contributed by atoms with Gasteiger partial charge >= 0.3 is 5.97 Å². The van der Waals surface area contributed by atoms with Crippen molar-refractivity contribution in [3.8, 4) is 11.5 Å². The number of phenols is 1. The summed E-state index contributed by atoms with van der Waals surface area (Å²) in [4.78, 5) is 27.9. The van der Waals surface area contributed by atoms with Crippen LogP contribution in [0.25, 0.3) is 0 Å². The molecule has 0 aliphatic heterocycles. The van der Waals surface area contributed by atoms with E-state index in [0.717, 1.165) is 18.2 Å². The first-order valence-corrected chi connectivity index (χ1v) is 11.9. The third-order valence-corrected chi connectivity index (χ3v) is 6.67. The molecule has 1 heterocycles. The summed E-state index contributed by atoms with van der Waals surface area (Å²) in [5.41, 5.74) is -0.138. The fourth-order valence-electron chi connectivity index (χ4n) is 2.40. The number of methoxy groups -OCH3 is 1. The maximum atomic E-state index is 12.7. The lowest BCUT2D eigenvalue weighted by Gasteiger charge is -2.11. The number of benzene rings is 2. The Bertz CT molecular complexity index is 1240. The predicted molar refractivity (Wildman–Crippen MR) is 121 cm³/mol. The number of nitrogens with one attached hydrogen (secondary N) is 2. The minimum absolute atomic E-state index is 0.272. The van der Waals surface area contributed by atoms with Crippen LogP contribution in [0.1, 0.15) is 10.4 Å². The molecule has 2 aromatic carbocycles. The number of hydrogen-bond acceptors (Lipinski definition) is 9. The van der Waals surface area contributed by atoms with Crippen molar-refractivity contribution in [3.05, 3.63) is 58.0 Å². The van der Waals surface area contributed by atoms with E-state index in [1.807, 2.05) is 0 Å². The summed E-state index contributed by atoms with van der Waals surface area (Å²) in [6.45, 7) is -0.656. The monoisotopic (exact) mass is 541 g/mol. The Morgan fingerprint density at radius 2 is 1.91 bits per heavy atom. The van der Waals surface area contributed by atoms with Crippen LogP contribution in [-0.4, -0.2) is 44.1 Å². The Kier molecular flexibility index (Phi) is 7.33. The molecule has 13 heteroatoms. The number of phenolic OH excluding ortho intramolecular Hbond substituents is 1. The van der Waals surface area contributed by atoms with Crippen LogP contribution in [0.2, 0.25) is 0 Å². The predicted octanol–water partition coefficient (Wildman–Crippen LogP) is 3.22. The van der Waals surface area contributed by atoms with Gasteiger partial charge in [0.2, 0.25) is 0 Å². The van der Waals surface area contributed by atoms with Crippen molar-refractivity contribution >= 4 is 60.0 Å². The number of rotatable bonds is 8. The van der Waals surface area contributed by atoms with Crippen LogP contribution in [-0.2, 0) is 19.6 Å². The van der Waals surface area contributed by atoms with E-state index in [-0.39, 0.29) is 10.6 Å². The highest BCUT2D eigenvalue weighted by atomic mass is 79.9. The lowest BCUT2D eigenvalue weighted by atomic mass is 10.2. The zero-order valence-corrected chi connectivity index (χ0v) is 19.6. The maximum absolute atomic E-state index is 12.7. The van der Waals surface area contributed by atoms with E-state index < -0.39 is 39.8 Å². The zero-order chi connectivity index (χ0) is 23.3. The normalized spacial score (nSPS) is 10.9. The molecule has 0 saturated carbocycles. The van der Waals surface area contributed by atoms with Crippen molar-refractivity contribution in [2.24, 2.45) is 0 Å². The smallest absolute Gasteiger partial charge is 0.342 e. The molecule has 0 aliphatic rings. The molecule has 1 aromatic heterocycles. The van der Waals surface area contributed by atoms with Crippen molar-refractivity contribution in [1.29, 1.82) is 0 Å². The summed E-state index contributed by atoms with van der Waals surface area (Å²) in [6.07, 6.45) is 1.50. The number of amides is 1. The quantitative estimate of drug-likeness (QED) is 0.368. The van der Waals surface area contributed by atoms with E-state index in [9.17, 15) is 23.1 Å². The molecular formula is C19H16BrN3O7S2. The Morgan fingerprint density at radius 3 is 2.53 bits per heavy atom. The molecule has 3 N–H and O–H groups in total. The van der Waals surface area contributed by atoms with Gasteiger partial charge in [-0.2, -0.15) is 0 Å². The number of carbonyl (C=O) groups excluding carboxylic acids is 2. The summed E-state index contributed by atoms with van der Waals surface area (Å²) in [5, 5.41) is 12.7. The molecule has 0 bridgehead atoms. The number of ether oxygens (including phenoxy) is 2. The molecule has 0 aliphatic carbocycles. The molecule has 0 radical (unpaired) electrons. The highest BCUT2D eigenvalue weighted by Gasteiger charge is 2.21. The second kappa shape index (κ2) is 9.97. The number of thiazole rings is 1.